The van der Waals surface area contributed by atoms with E-state index in [1.807, 2.05) is 25.1 Å². The molecule has 142 valence electrons. The van der Waals surface area contributed by atoms with Gasteiger partial charge >= 0.3 is 0 Å². The van der Waals surface area contributed by atoms with E-state index in [-0.39, 0.29) is 22.5 Å². The molecule has 1 unspecified atom stereocenters. The fraction of sp³-hybridized carbons (Fsp3) is 0.389. The second-order valence-electron chi connectivity index (χ2n) is 5.98. The van der Waals surface area contributed by atoms with E-state index in [1.165, 1.54) is 21.1 Å². The molecule has 6 nitrogen and oxygen atoms in total. The topological polar surface area (TPSA) is 71.4 Å². The van der Waals surface area contributed by atoms with Crippen molar-refractivity contribution in [3.63, 3.8) is 0 Å². The first kappa shape index (κ1) is 20.5. The van der Waals surface area contributed by atoms with E-state index in [0.717, 1.165) is 5.56 Å². The lowest BCUT2D eigenvalue weighted by Crippen LogP contribution is -2.30. The Morgan fingerprint density at radius 3 is 2.46 bits per heavy atom. The van der Waals surface area contributed by atoms with Crippen LogP contribution in [0.15, 0.2) is 41.4 Å². The van der Waals surface area contributed by atoms with Gasteiger partial charge in [-0.05, 0) is 24.6 Å². The number of aromatic nitrogens is 1. The highest BCUT2D eigenvalue weighted by Crippen LogP contribution is 2.23. The molecular formula is C18H24ClN3O3S. The summed E-state index contributed by atoms with van der Waals surface area (Å²) < 4.78 is 28.1. The molecule has 2 aromatic rings. The summed E-state index contributed by atoms with van der Waals surface area (Å²) in [6.07, 6.45) is 1.46. The van der Waals surface area contributed by atoms with E-state index in [4.69, 9.17) is 11.6 Å². The van der Waals surface area contributed by atoms with Crippen LogP contribution in [0, 0.1) is 0 Å². The van der Waals surface area contributed by atoms with Gasteiger partial charge in [0.2, 0.25) is 10.0 Å². The Hall–Kier alpha value is -1.83. The summed E-state index contributed by atoms with van der Waals surface area (Å²) in [5.41, 5.74) is 1.07. The highest BCUT2D eigenvalue weighted by molar-refractivity contribution is 7.89. The van der Waals surface area contributed by atoms with Gasteiger partial charge in [-0.25, -0.2) is 8.42 Å². The second-order valence-corrected chi connectivity index (χ2v) is 8.32. The van der Waals surface area contributed by atoms with Gasteiger partial charge in [0.05, 0.1) is 6.04 Å². The maximum Gasteiger partial charge on any atom is 0.268 e. The van der Waals surface area contributed by atoms with Gasteiger partial charge < -0.3 is 9.88 Å². The Balaban J connectivity index is 2.26. The molecule has 0 spiro atoms. The van der Waals surface area contributed by atoms with Crippen molar-refractivity contribution in [2.75, 3.05) is 13.1 Å². The van der Waals surface area contributed by atoms with Crippen LogP contribution in [0.3, 0.4) is 0 Å². The first-order valence-corrected chi connectivity index (χ1v) is 10.3. The predicted octanol–water partition coefficient (Wildman–Crippen LogP) is 3.20. The molecule has 8 heteroatoms. The Morgan fingerprint density at radius 1 is 1.27 bits per heavy atom. The summed E-state index contributed by atoms with van der Waals surface area (Å²) in [4.78, 5) is 12.7. The maximum absolute atomic E-state index is 12.6. The van der Waals surface area contributed by atoms with Crippen LogP contribution in [0.25, 0.3) is 0 Å². The number of nitrogens with zero attached hydrogens (tertiary/aromatic N) is 2. The predicted molar refractivity (Wildman–Crippen MR) is 103 cm³/mol. The van der Waals surface area contributed by atoms with E-state index in [1.54, 1.807) is 27.0 Å². The number of halogens is 1. The molecule has 0 aliphatic carbocycles. The Bertz CT molecular complexity index is 889. The molecule has 1 atom stereocenters. The summed E-state index contributed by atoms with van der Waals surface area (Å²) in [5.74, 6) is -0.360. The molecule has 0 fully saturated rings. The van der Waals surface area contributed by atoms with Gasteiger partial charge in [0.1, 0.15) is 10.6 Å². The lowest BCUT2D eigenvalue weighted by Gasteiger charge is -2.17. The number of hydrogen-bond acceptors (Lipinski definition) is 3. The van der Waals surface area contributed by atoms with Crippen LogP contribution < -0.4 is 5.32 Å². The molecule has 26 heavy (non-hydrogen) atoms. The summed E-state index contributed by atoms with van der Waals surface area (Å²) >= 11 is 6.17. The molecule has 0 bridgehead atoms. The van der Waals surface area contributed by atoms with Crippen molar-refractivity contribution in [2.24, 2.45) is 7.05 Å². The Morgan fingerprint density at radius 2 is 1.88 bits per heavy atom. The van der Waals surface area contributed by atoms with Crippen LogP contribution in [0.2, 0.25) is 5.02 Å². The van der Waals surface area contributed by atoms with Crippen LogP contribution in [-0.4, -0.2) is 36.3 Å². The van der Waals surface area contributed by atoms with E-state index < -0.39 is 10.0 Å². The number of amides is 1. The van der Waals surface area contributed by atoms with Gasteiger partial charge in [-0.15, -0.1) is 0 Å². The minimum atomic E-state index is -3.61. The molecule has 1 heterocycles. The number of aryl methyl sites for hydroxylation is 1. The van der Waals surface area contributed by atoms with Gasteiger partial charge in [0, 0.05) is 31.4 Å². The third-order valence-electron chi connectivity index (χ3n) is 4.28. The highest BCUT2D eigenvalue weighted by Gasteiger charge is 2.26. The van der Waals surface area contributed by atoms with Crippen molar-refractivity contribution < 1.29 is 13.2 Å². The quantitative estimate of drug-likeness (QED) is 0.779. The average molecular weight is 398 g/mol. The maximum atomic E-state index is 12.6. The minimum Gasteiger partial charge on any atom is -0.345 e. The van der Waals surface area contributed by atoms with E-state index in [2.05, 4.69) is 5.32 Å². The molecule has 0 aliphatic rings. The van der Waals surface area contributed by atoms with Gasteiger partial charge in [0.15, 0.2) is 0 Å². The first-order valence-electron chi connectivity index (χ1n) is 8.44. The third-order valence-corrected chi connectivity index (χ3v) is 6.63. The minimum absolute atomic E-state index is 0.110. The molecule has 2 rings (SSSR count). The lowest BCUT2D eigenvalue weighted by atomic mass is 10.1. The number of carbonyl (C=O) groups is 1. The van der Waals surface area contributed by atoms with Gasteiger partial charge in [-0.2, -0.15) is 4.31 Å². The van der Waals surface area contributed by atoms with Gasteiger partial charge in [-0.1, -0.05) is 43.6 Å². The summed E-state index contributed by atoms with van der Waals surface area (Å²) in [7, 11) is -1.96. The molecule has 1 aromatic heterocycles. The van der Waals surface area contributed by atoms with E-state index in [0.29, 0.717) is 18.1 Å². The molecule has 0 radical (unpaired) electrons. The zero-order chi connectivity index (χ0) is 19.5. The van der Waals surface area contributed by atoms with Crippen molar-refractivity contribution in [3.8, 4) is 0 Å². The number of hydrogen-bond donors (Lipinski definition) is 1. The Labute approximate surface area is 159 Å². The smallest absolute Gasteiger partial charge is 0.268 e. The van der Waals surface area contributed by atoms with Crippen LogP contribution in [-0.2, 0) is 17.1 Å². The standard InChI is InChI=1S/C18H24ClN3O3S/c1-5-22(6-2)26(24,25)14-11-17(21(4)12-14)18(23)20-13(3)15-9-7-8-10-16(15)19/h7-13H,5-6H2,1-4H3,(H,20,23). The van der Waals surface area contributed by atoms with Crippen LogP contribution in [0.1, 0.15) is 42.9 Å². The van der Waals surface area contributed by atoms with Crippen molar-refractivity contribution >= 4 is 27.5 Å². The molecule has 0 aliphatic heterocycles. The highest BCUT2D eigenvalue weighted by atomic mass is 35.5. The van der Waals surface area contributed by atoms with E-state index >= 15 is 0 Å². The molecule has 0 saturated heterocycles. The number of rotatable bonds is 7. The molecule has 1 N–H and O–H groups in total. The van der Waals surface area contributed by atoms with Crippen molar-refractivity contribution in [1.29, 1.82) is 0 Å². The summed E-state index contributed by atoms with van der Waals surface area (Å²) in [5, 5.41) is 3.43. The number of nitrogens with one attached hydrogen (secondary N) is 1. The summed E-state index contributed by atoms with van der Waals surface area (Å²) in [6.45, 7) is 6.14. The normalized spacial score (nSPS) is 13.0. The lowest BCUT2D eigenvalue weighted by molar-refractivity contribution is 0.0931. The van der Waals surface area contributed by atoms with Crippen molar-refractivity contribution in [3.05, 3.63) is 52.8 Å². The zero-order valence-electron chi connectivity index (χ0n) is 15.4. The monoisotopic (exact) mass is 397 g/mol. The van der Waals surface area contributed by atoms with Gasteiger partial charge in [0.25, 0.3) is 5.91 Å². The van der Waals surface area contributed by atoms with Crippen molar-refractivity contribution in [1.82, 2.24) is 14.2 Å². The number of carbonyl (C=O) groups excluding carboxylic acids is 1. The van der Waals surface area contributed by atoms with Crippen molar-refractivity contribution in [2.45, 2.75) is 31.7 Å². The Kier molecular flexibility index (Phi) is 6.49. The first-order chi connectivity index (χ1) is 12.2. The molecule has 0 saturated carbocycles. The molecule has 1 aromatic carbocycles. The van der Waals surface area contributed by atoms with Gasteiger partial charge in [-0.3, -0.25) is 4.79 Å². The van der Waals surface area contributed by atoms with E-state index in [9.17, 15) is 13.2 Å². The fourth-order valence-electron chi connectivity index (χ4n) is 2.79. The zero-order valence-corrected chi connectivity index (χ0v) is 16.9. The van der Waals surface area contributed by atoms with Crippen LogP contribution >= 0.6 is 11.6 Å². The fourth-order valence-corrected chi connectivity index (χ4v) is 4.62. The van der Waals surface area contributed by atoms with Crippen LogP contribution in [0.5, 0.6) is 0 Å². The number of sulfonamides is 1. The second kappa shape index (κ2) is 8.24. The molecular weight excluding hydrogens is 374 g/mol. The SMILES string of the molecule is CCN(CC)S(=O)(=O)c1cc(C(=O)NC(C)c2ccccc2Cl)n(C)c1. The largest absolute Gasteiger partial charge is 0.345 e. The average Bonchev–Trinajstić information content (AvgIpc) is 2.98. The number of benzene rings is 1. The molecule has 1 amide bonds. The summed E-state index contributed by atoms with van der Waals surface area (Å²) in [6, 6.07) is 8.37. The third kappa shape index (κ3) is 4.11. The van der Waals surface area contributed by atoms with Crippen LogP contribution in [0.4, 0.5) is 0 Å².